The number of esters is 1. The number of ether oxygens (including phenoxy) is 2. The van der Waals surface area contributed by atoms with Crippen molar-refractivity contribution in [1.29, 1.82) is 0 Å². The maximum atomic E-state index is 12.0. The Morgan fingerprint density at radius 2 is 2.04 bits per heavy atom. The van der Waals surface area contributed by atoms with Crippen molar-refractivity contribution in [3.63, 3.8) is 0 Å². The first-order chi connectivity index (χ1) is 11.7. The van der Waals surface area contributed by atoms with Crippen LogP contribution in [0, 0.1) is 0 Å². The van der Waals surface area contributed by atoms with Crippen molar-refractivity contribution >= 4 is 11.8 Å². The Bertz CT molecular complexity index is 855. The molecule has 2 N–H and O–H groups in total. The first-order valence-electron chi connectivity index (χ1n) is 7.01. The molecule has 2 aromatic heterocycles. The quantitative estimate of drug-likeness (QED) is 0.682. The van der Waals surface area contributed by atoms with Crippen LogP contribution < -0.4 is 10.5 Å². The second-order valence-corrected chi connectivity index (χ2v) is 4.62. The molecule has 0 atom stereocenters. The van der Waals surface area contributed by atoms with Crippen molar-refractivity contribution < 1.29 is 18.9 Å². The normalized spacial score (nSPS) is 10.6. The molecule has 0 aliphatic rings. The van der Waals surface area contributed by atoms with E-state index in [1.165, 1.54) is 11.8 Å². The number of methoxy groups -OCH3 is 1. The average molecular weight is 330 g/mol. The van der Waals surface area contributed by atoms with Gasteiger partial charge in [-0.3, -0.25) is 0 Å². The van der Waals surface area contributed by atoms with E-state index in [0.717, 1.165) is 0 Å². The number of hydrogen-bond donors (Lipinski definition) is 1. The number of nitrogen functional groups attached to an aromatic ring is 1. The summed E-state index contributed by atoms with van der Waals surface area (Å²) in [5.74, 6) is 0.202. The summed E-state index contributed by atoms with van der Waals surface area (Å²) in [6, 6.07) is 7.05. The number of carbonyl (C=O) groups is 1. The molecule has 0 amide bonds. The number of nitrogens with two attached hydrogens (primary N) is 1. The molecule has 0 aliphatic heterocycles. The molecule has 3 rings (SSSR count). The van der Waals surface area contributed by atoms with Crippen molar-refractivity contribution in [2.75, 3.05) is 19.5 Å². The number of nitrogens with zero attached hydrogens (tertiary/aromatic N) is 5. The fourth-order valence-corrected chi connectivity index (χ4v) is 2.14. The number of rotatable bonds is 5. The highest BCUT2D eigenvalue weighted by molar-refractivity contribution is 5.94. The minimum Gasteiger partial charge on any atom is -0.494 e. The molecule has 0 bridgehead atoms. The van der Waals surface area contributed by atoms with Gasteiger partial charge >= 0.3 is 5.97 Å². The zero-order chi connectivity index (χ0) is 17.1. The minimum absolute atomic E-state index is 0.0171. The minimum atomic E-state index is -0.639. The standard InChI is InChI=1S/C14H14N6O4/c1-3-23-9-6-4-8(5-7-9)11-10(14(21)22-2)16-19-20(11)13-12(15)17-24-18-13/h4-7H,3H2,1-2H3,(H2,15,17). The van der Waals surface area contributed by atoms with E-state index in [2.05, 4.69) is 25.3 Å². The maximum absolute atomic E-state index is 12.0. The number of carbonyl (C=O) groups excluding carboxylic acids is 1. The topological polar surface area (TPSA) is 131 Å². The predicted octanol–water partition coefficient (Wildman–Crippen LogP) is 1.08. The third-order valence-electron chi connectivity index (χ3n) is 3.18. The lowest BCUT2D eigenvalue weighted by atomic mass is 10.1. The van der Waals surface area contributed by atoms with Crippen LogP contribution in [0.3, 0.4) is 0 Å². The highest BCUT2D eigenvalue weighted by Crippen LogP contribution is 2.28. The van der Waals surface area contributed by atoms with Gasteiger partial charge in [0.1, 0.15) is 11.4 Å². The molecule has 10 heteroatoms. The van der Waals surface area contributed by atoms with Crippen molar-refractivity contribution in [2.24, 2.45) is 0 Å². The van der Waals surface area contributed by atoms with Crippen LogP contribution in [0.2, 0.25) is 0 Å². The third-order valence-corrected chi connectivity index (χ3v) is 3.18. The van der Waals surface area contributed by atoms with E-state index in [1.807, 2.05) is 6.92 Å². The van der Waals surface area contributed by atoms with E-state index >= 15 is 0 Å². The van der Waals surface area contributed by atoms with E-state index in [0.29, 0.717) is 23.6 Å². The van der Waals surface area contributed by atoms with Crippen molar-refractivity contribution in [1.82, 2.24) is 25.3 Å². The molecule has 2 heterocycles. The fraction of sp³-hybridized carbons (Fsp3) is 0.214. The zero-order valence-corrected chi connectivity index (χ0v) is 13.0. The Morgan fingerprint density at radius 1 is 1.29 bits per heavy atom. The largest absolute Gasteiger partial charge is 0.494 e. The molecule has 124 valence electrons. The molecule has 0 fully saturated rings. The molecule has 0 radical (unpaired) electrons. The van der Waals surface area contributed by atoms with E-state index in [-0.39, 0.29) is 17.3 Å². The van der Waals surface area contributed by atoms with Gasteiger partial charge in [-0.05, 0) is 41.5 Å². The lowest BCUT2D eigenvalue weighted by Crippen LogP contribution is -2.07. The fourth-order valence-electron chi connectivity index (χ4n) is 2.14. The van der Waals surface area contributed by atoms with Crippen molar-refractivity contribution in [3.8, 4) is 22.8 Å². The van der Waals surface area contributed by atoms with E-state index in [9.17, 15) is 4.79 Å². The number of aromatic nitrogens is 5. The van der Waals surface area contributed by atoms with Crippen LogP contribution in [0.15, 0.2) is 28.9 Å². The molecule has 10 nitrogen and oxygen atoms in total. The van der Waals surface area contributed by atoms with Crippen LogP contribution in [-0.2, 0) is 4.74 Å². The second-order valence-electron chi connectivity index (χ2n) is 4.62. The Morgan fingerprint density at radius 3 is 2.62 bits per heavy atom. The summed E-state index contributed by atoms with van der Waals surface area (Å²) in [5.41, 5.74) is 6.73. The summed E-state index contributed by atoms with van der Waals surface area (Å²) in [5, 5.41) is 15.0. The van der Waals surface area contributed by atoms with Gasteiger partial charge in [0.2, 0.25) is 11.6 Å². The zero-order valence-electron chi connectivity index (χ0n) is 13.0. The Hall–Kier alpha value is -3.43. The van der Waals surface area contributed by atoms with Crippen LogP contribution in [0.1, 0.15) is 17.4 Å². The lowest BCUT2D eigenvalue weighted by molar-refractivity contribution is 0.0595. The van der Waals surface area contributed by atoms with Gasteiger partial charge < -0.3 is 15.2 Å². The van der Waals surface area contributed by atoms with Crippen molar-refractivity contribution in [3.05, 3.63) is 30.0 Å². The number of benzene rings is 1. The molecule has 0 saturated heterocycles. The SMILES string of the molecule is CCOc1ccc(-c2c(C(=O)OC)nnn2-c2nonc2N)cc1. The van der Waals surface area contributed by atoms with Gasteiger partial charge in [-0.1, -0.05) is 5.21 Å². The van der Waals surface area contributed by atoms with Crippen LogP contribution in [-0.4, -0.2) is 45.0 Å². The van der Waals surface area contributed by atoms with Crippen molar-refractivity contribution in [2.45, 2.75) is 6.92 Å². The summed E-state index contributed by atoms with van der Waals surface area (Å²) >= 11 is 0. The van der Waals surface area contributed by atoms with E-state index in [4.69, 9.17) is 15.2 Å². The van der Waals surface area contributed by atoms with E-state index < -0.39 is 5.97 Å². The molecule has 3 aromatic rings. The lowest BCUT2D eigenvalue weighted by Gasteiger charge is -2.07. The van der Waals surface area contributed by atoms with Gasteiger partial charge in [-0.2, -0.15) is 4.68 Å². The highest BCUT2D eigenvalue weighted by atomic mass is 16.6. The van der Waals surface area contributed by atoms with Gasteiger partial charge in [0.25, 0.3) is 0 Å². The van der Waals surface area contributed by atoms with Gasteiger partial charge in [0, 0.05) is 5.56 Å². The van der Waals surface area contributed by atoms with E-state index in [1.54, 1.807) is 24.3 Å². The van der Waals surface area contributed by atoms with Crippen LogP contribution in [0.25, 0.3) is 17.1 Å². The summed E-state index contributed by atoms with van der Waals surface area (Å²) < 4.78 is 16.0. The summed E-state index contributed by atoms with van der Waals surface area (Å²) in [6.07, 6.45) is 0. The molecule has 0 aliphatic carbocycles. The third kappa shape index (κ3) is 2.64. The first-order valence-corrected chi connectivity index (χ1v) is 7.01. The summed E-state index contributed by atoms with van der Waals surface area (Å²) in [6.45, 7) is 2.44. The van der Waals surface area contributed by atoms with Crippen LogP contribution >= 0.6 is 0 Å². The number of hydrogen-bond acceptors (Lipinski definition) is 9. The number of anilines is 1. The van der Waals surface area contributed by atoms with Gasteiger partial charge in [-0.25, -0.2) is 9.42 Å². The molecular weight excluding hydrogens is 316 g/mol. The van der Waals surface area contributed by atoms with Crippen LogP contribution in [0.5, 0.6) is 5.75 Å². The molecule has 0 saturated carbocycles. The smallest absolute Gasteiger partial charge is 0.360 e. The first kappa shape index (κ1) is 15.5. The van der Waals surface area contributed by atoms with Gasteiger partial charge in [0.15, 0.2) is 5.69 Å². The van der Waals surface area contributed by atoms with Crippen LogP contribution in [0.4, 0.5) is 5.82 Å². The Labute approximate surface area is 136 Å². The summed E-state index contributed by atoms with van der Waals surface area (Å²) in [4.78, 5) is 12.0. The molecule has 0 spiro atoms. The summed E-state index contributed by atoms with van der Waals surface area (Å²) in [7, 11) is 1.26. The van der Waals surface area contributed by atoms with Gasteiger partial charge in [0.05, 0.1) is 13.7 Å². The maximum Gasteiger partial charge on any atom is 0.360 e. The van der Waals surface area contributed by atoms with Gasteiger partial charge in [-0.15, -0.1) is 5.10 Å². The highest BCUT2D eigenvalue weighted by Gasteiger charge is 2.25. The molecule has 0 unspecified atom stereocenters. The molecular formula is C14H14N6O4. The average Bonchev–Trinajstić information content (AvgIpc) is 3.21. The Kier molecular flexibility index (Phi) is 4.10. The Balaban J connectivity index is 2.14. The second kappa shape index (κ2) is 6.36. The predicted molar refractivity (Wildman–Crippen MR) is 81.6 cm³/mol. The monoisotopic (exact) mass is 330 g/mol. The molecule has 1 aromatic carbocycles. The molecule has 24 heavy (non-hydrogen) atoms.